The van der Waals surface area contributed by atoms with E-state index in [1.807, 2.05) is 45.9 Å². The van der Waals surface area contributed by atoms with Crippen LogP contribution >= 0.6 is 0 Å². The zero-order valence-electron chi connectivity index (χ0n) is 13.6. The molecule has 118 valence electrons. The van der Waals surface area contributed by atoms with Gasteiger partial charge in [0.25, 0.3) is 0 Å². The molecule has 0 aliphatic rings. The van der Waals surface area contributed by atoms with Crippen molar-refractivity contribution in [3.05, 3.63) is 35.9 Å². The van der Waals surface area contributed by atoms with Crippen molar-refractivity contribution >= 4 is 5.97 Å². The quantitative estimate of drug-likeness (QED) is 0.781. The number of carbonyl (C=O) groups excluding carboxylic acids is 1. The first-order valence-electron chi connectivity index (χ1n) is 7.66. The smallest absolute Gasteiger partial charge is 0.306 e. The zero-order valence-corrected chi connectivity index (χ0v) is 13.6. The van der Waals surface area contributed by atoms with Gasteiger partial charge in [-0.1, -0.05) is 37.3 Å². The lowest BCUT2D eigenvalue weighted by molar-refractivity contribution is -0.156. The lowest BCUT2D eigenvalue weighted by Gasteiger charge is -2.23. The summed E-state index contributed by atoms with van der Waals surface area (Å²) in [6.07, 6.45) is 2.06. The summed E-state index contributed by atoms with van der Waals surface area (Å²) in [5.41, 5.74) is 0.771. The normalized spacial score (nSPS) is 14.5. The molecule has 2 atom stereocenters. The molecule has 1 rings (SSSR count). The van der Waals surface area contributed by atoms with Crippen LogP contribution in [0.3, 0.4) is 0 Å². The first-order chi connectivity index (χ1) is 9.80. The Kier molecular flexibility index (Phi) is 6.90. The van der Waals surface area contributed by atoms with Crippen molar-refractivity contribution in [3.63, 3.8) is 0 Å². The number of ether oxygens (including phenoxy) is 1. The van der Waals surface area contributed by atoms with Crippen molar-refractivity contribution in [2.75, 3.05) is 6.61 Å². The highest BCUT2D eigenvalue weighted by molar-refractivity contribution is 5.70. The van der Waals surface area contributed by atoms with E-state index in [1.54, 1.807) is 0 Å². The molecule has 3 nitrogen and oxygen atoms in total. The minimum absolute atomic E-state index is 0.152. The Morgan fingerprint density at radius 3 is 2.38 bits per heavy atom. The Balaban J connectivity index is 2.66. The Labute approximate surface area is 128 Å². The number of aliphatic hydroxyl groups excluding tert-OH is 1. The van der Waals surface area contributed by atoms with Gasteiger partial charge < -0.3 is 9.84 Å². The monoisotopic (exact) mass is 292 g/mol. The summed E-state index contributed by atoms with van der Waals surface area (Å²) in [5, 5.41) is 9.25. The van der Waals surface area contributed by atoms with Gasteiger partial charge in [-0.25, -0.2) is 0 Å². The Bertz CT molecular complexity index is 420. The third-order valence-electron chi connectivity index (χ3n) is 3.29. The largest absolute Gasteiger partial charge is 0.460 e. The first kappa shape index (κ1) is 17.7. The fraction of sp³-hybridized carbons (Fsp3) is 0.611. The van der Waals surface area contributed by atoms with Gasteiger partial charge in [-0.2, -0.15) is 0 Å². The maximum Gasteiger partial charge on any atom is 0.306 e. The van der Waals surface area contributed by atoms with Crippen LogP contribution < -0.4 is 0 Å². The van der Waals surface area contributed by atoms with E-state index in [2.05, 4.69) is 12.1 Å². The number of hydrogen-bond acceptors (Lipinski definition) is 3. The van der Waals surface area contributed by atoms with Gasteiger partial charge in [0.1, 0.15) is 5.60 Å². The molecule has 0 aliphatic carbocycles. The molecule has 0 fully saturated rings. The molecule has 0 amide bonds. The summed E-state index contributed by atoms with van der Waals surface area (Å²) in [5.74, 6) is 0.235. The van der Waals surface area contributed by atoms with Crippen molar-refractivity contribution in [3.8, 4) is 0 Å². The van der Waals surface area contributed by atoms with Gasteiger partial charge in [0.15, 0.2) is 0 Å². The van der Waals surface area contributed by atoms with Gasteiger partial charge in [-0.3, -0.25) is 4.79 Å². The Morgan fingerprint density at radius 2 is 1.86 bits per heavy atom. The Hall–Kier alpha value is -1.35. The summed E-state index contributed by atoms with van der Waals surface area (Å²) in [4.78, 5) is 12.0. The molecule has 2 unspecified atom stereocenters. The summed E-state index contributed by atoms with van der Waals surface area (Å²) in [6, 6.07) is 10.2. The van der Waals surface area contributed by atoms with Crippen molar-refractivity contribution in [2.24, 2.45) is 11.8 Å². The minimum Gasteiger partial charge on any atom is -0.460 e. The van der Waals surface area contributed by atoms with E-state index in [1.165, 1.54) is 5.56 Å². The Morgan fingerprint density at radius 1 is 1.24 bits per heavy atom. The van der Waals surface area contributed by atoms with Crippen molar-refractivity contribution < 1.29 is 14.6 Å². The molecule has 0 aliphatic heterocycles. The molecule has 0 heterocycles. The van der Waals surface area contributed by atoms with E-state index >= 15 is 0 Å². The average Bonchev–Trinajstić information content (AvgIpc) is 2.37. The molecule has 1 aromatic rings. The predicted octanol–water partition coefficient (Wildman–Crippen LogP) is 3.60. The molecule has 21 heavy (non-hydrogen) atoms. The fourth-order valence-corrected chi connectivity index (χ4v) is 2.45. The summed E-state index contributed by atoms with van der Waals surface area (Å²) in [7, 11) is 0. The molecular formula is C18H28O3. The molecule has 0 saturated carbocycles. The van der Waals surface area contributed by atoms with Crippen LogP contribution in [0.5, 0.6) is 0 Å². The van der Waals surface area contributed by atoms with E-state index in [9.17, 15) is 9.90 Å². The van der Waals surface area contributed by atoms with Gasteiger partial charge in [0.2, 0.25) is 0 Å². The number of carbonyl (C=O) groups is 1. The molecule has 3 heteroatoms. The molecule has 1 N–H and O–H groups in total. The summed E-state index contributed by atoms with van der Waals surface area (Å²) in [6.45, 7) is 7.81. The molecular weight excluding hydrogens is 264 g/mol. The number of hydrogen-bond donors (Lipinski definition) is 1. The van der Waals surface area contributed by atoms with Crippen LogP contribution in [0.4, 0.5) is 0 Å². The van der Waals surface area contributed by atoms with Gasteiger partial charge in [-0.05, 0) is 51.0 Å². The second-order valence-corrected chi connectivity index (χ2v) is 6.87. The molecule has 1 aromatic carbocycles. The molecule has 0 radical (unpaired) electrons. The third-order valence-corrected chi connectivity index (χ3v) is 3.29. The highest BCUT2D eigenvalue weighted by Crippen LogP contribution is 2.22. The van der Waals surface area contributed by atoms with Gasteiger partial charge in [0.05, 0.1) is 0 Å². The minimum atomic E-state index is -0.447. The zero-order chi connectivity index (χ0) is 15.9. The highest BCUT2D eigenvalue weighted by atomic mass is 16.6. The van der Waals surface area contributed by atoms with Crippen molar-refractivity contribution in [1.29, 1.82) is 0 Å². The van der Waals surface area contributed by atoms with Crippen LogP contribution in [0.1, 0.15) is 46.1 Å². The predicted molar refractivity (Wildman–Crippen MR) is 85.0 cm³/mol. The number of esters is 1. The standard InChI is InChI=1S/C18H28O3/c1-14(13-19)10-16(11-15-8-6-5-7-9-15)12-17(20)21-18(2,3)4/h5-9,14,16,19H,10-13H2,1-4H3. The maximum atomic E-state index is 12.0. The second-order valence-electron chi connectivity index (χ2n) is 6.87. The lowest BCUT2D eigenvalue weighted by atomic mass is 9.88. The topological polar surface area (TPSA) is 46.5 Å². The summed E-state index contributed by atoms with van der Waals surface area (Å²) >= 11 is 0. The van der Waals surface area contributed by atoms with Crippen LogP contribution in [-0.4, -0.2) is 23.3 Å². The number of benzene rings is 1. The molecule has 0 aromatic heterocycles. The van der Waals surface area contributed by atoms with Crippen LogP contribution in [0, 0.1) is 11.8 Å². The number of aliphatic hydroxyl groups is 1. The average molecular weight is 292 g/mol. The molecule has 0 bridgehead atoms. The van der Waals surface area contributed by atoms with Crippen molar-refractivity contribution in [1.82, 2.24) is 0 Å². The van der Waals surface area contributed by atoms with Gasteiger partial charge in [-0.15, -0.1) is 0 Å². The van der Waals surface area contributed by atoms with E-state index < -0.39 is 5.60 Å². The summed E-state index contributed by atoms with van der Waals surface area (Å²) < 4.78 is 5.42. The van der Waals surface area contributed by atoms with Crippen LogP contribution in [0.2, 0.25) is 0 Å². The maximum absolute atomic E-state index is 12.0. The van der Waals surface area contributed by atoms with Gasteiger partial charge >= 0.3 is 5.97 Å². The lowest BCUT2D eigenvalue weighted by Crippen LogP contribution is -2.26. The van der Waals surface area contributed by atoms with E-state index in [0.29, 0.717) is 6.42 Å². The van der Waals surface area contributed by atoms with Crippen molar-refractivity contribution in [2.45, 2.75) is 52.6 Å². The van der Waals surface area contributed by atoms with Crippen LogP contribution in [0.15, 0.2) is 30.3 Å². The highest BCUT2D eigenvalue weighted by Gasteiger charge is 2.22. The first-order valence-corrected chi connectivity index (χ1v) is 7.66. The van der Waals surface area contributed by atoms with E-state index in [-0.39, 0.29) is 24.4 Å². The number of rotatable bonds is 7. The van der Waals surface area contributed by atoms with Gasteiger partial charge in [0, 0.05) is 13.0 Å². The third kappa shape index (κ3) is 7.86. The van der Waals surface area contributed by atoms with E-state index in [0.717, 1.165) is 12.8 Å². The molecule has 0 saturated heterocycles. The van der Waals surface area contributed by atoms with Crippen LogP contribution in [0.25, 0.3) is 0 Å². The fourth-order valence-electron chi connectivity index (χ4n) is 2.45. The molecule has 0 spiro atoms. The van der Waals surface area contributed by atoms with E-state index in [4.69, 9.17) is 4.74 Å². The van der Waals surface area contributed by atoms with Crippen LogP contribution in [-0.2, 0) is 16.0 Å². The SMILES string of the molecule is CC(CO)CC(CC(=O)OC(C)(C)C)Cc1ccccc1. The second kappa shape index (κ2) is 8.18.